The van der Waals surface area contributed by atoms with Gasteiger partial charge in [-0.15, -0.1) is 0 Å². The Balaban J connectivity index is 2.36. The highest BCUT2D eigenvalue weighted by Gasteiger charge is 2.17. The Hall–Kier alpha value is -2.82. The van der Waals surface area contributed by atoms with Crippen molar-refractivity contribution in [1.82, 2.24) is 0 Å². The average Bonchev–Trinajstić information content (AvgIpc) is 2.62. The number of hydrogen-bond acceptors (Lipinski definition) is 6. The number of carbonyl (C=O) groups is 1. The zero-order valence-electron chi connectivity index (χ0n) is 13.6. The lowest BCUT2D eigenvalue weighted by Gasteiger charge is -2.05. The SMILES string of the molecule is CCOC(=O)/C(C#N)=C\c1ccc(Sc2ccc(Cl)cc2)c([N+](=O)[O-])c1. The molecule has 2 aromatic rings. The van der Waals surface area contributed by atoms with Gasteiger partial charge in [-0.05, 0) is 48.9 Å². The molecule has 0 spiro atoms. The normalized spacial score (nSPS) is 10.9. The molecule has 0 heterocycles. The van der Waals surface area contributed by atoms with Gasteiger partial charge in [0.05, 0.1) is 16.4 Å². The minimum Gasteiger partial charge on any atom is -0.462 e. The van der Waals surface area contributed by atoms with E-state index >= 15 is 0 Å². The van der Waals surface area contributed by atoms with E-state index in [2.05, 4.69) is 0 Å². The maximum absolute atomic E-state index is 11.7. The summed E-state index contributed by atoms with van der Waals surface area (Å²) in [7, 11) is 0. The molecule has 0 aromatic heterocycles. The third-order valence-electron chi connectivity index (χ3n) is 3.15. The number of nitrogens with zero attached hydrogens (tertiary/aromatic N) is 2. The molecule has 26 heavy (non-hydrogen) atoms. The number of halogens is 1. The largest absolute Gasteiger partial charge is 0.462 e. The fraction of sp³-hybridized carbons (Fsp3) is 0.111. The summed E-state index contributed by atoms with van der Waals surface area (Å²) < 4.78 is 4.78. The summed E-state index contributed by atoms with van der Waals surface area (Å²) in [6, 6.07) is 13.2. The number of nitriles is 1. The second-order valence-electron chi connectivity index (χ2n) is 4.93. The van der Waals surface area contributed by atoms with Crippen molar-refractivity contribution in [1.29, 1.82) is 5.26 Å². The van der Waals surface area contributed by atoms with Crippen LogP contribution in [0.15, 0.2) is 57.8 Å². The van der Waals surface area contributed by atoms with Crippen LogP contribution in [-0.4, -0.2) is 17.5 Å². The fourth-order valence-electron chi connectivity index (χ4n) is 2.00. The van der Waals surface area contributed by atoms with Gasteiger partial charge >= 0.3 is 5.97 Å². The van der Waals surface area contributed by atoms with Crippen molar-refractivity contribution in [3.05, 3.63) is 68.7 Å². The van der Waals surface area contributed by atoms with E-state index in [1.807, 2.05) is 0 Å². The van der Waals surface area contributed by atoms with Crippen LogP contribution >= 0.6 is 23.4 Å². The van der Waals surface area contributed by atoms with E-state index in [0.29, 0.717) is 15.5 Å². The molecular formula is C18H13ClN2O4S. The van der Waals surface area contributed by atoms with Gasteiger partial charge in [0.15, 0.2) is 0 Å². The summed E-state index contributed by atoms with van der Waals surface area (Å²) in [6.07, 6.45) is 1.27. The van der Waals surface area contributed by atoms with E-state index in [-0.39, 0.29) is 17.9 Å². The van der Waals surface area contributed by atoms with E-state index in [9.17, 15) is 14.9 Å². The third-order valence-corrected chi connectivity index (χ3v) is 4.47. The predicted octanol–water partition coefficient (Wildman–Crippen LogP) is 4.87. The lowest BCUT2D eigenvalue weighted by molar-refractivity contribution is -0.387. The Labute approximate surface area is 159 Å². The molecule has 8 heteroatoms. The first-order chi connectivity index (χ1) is 12.4. The molecule has 0 aliphatic heterocycles. The number of nitro groups is 1. The van der Waals surface area contributed by atoms with Crippen LogP contribution in [0, 0.1) is 21.4 Å². The Morgan fingerprint density at radius 1 is 1.35 bits per heavy atom. The lowest BCUT2D eigenvalue weighted by Crippen LogP contribution is -2.06. The van der Waals surface area contributed by atoms with Gasteiger partial charge in [0.2, 0.25) is 0 Å². The summed E-state index contributed by atoms with van der Waals surface area (Å²) in [5, 5.41) is 21.0. The summed E-state index contributed by atoms with van der Waals surface area (Å²) in [6.45, 7) is 1.76. The lowest BCUT2D eigenvalue weighted by atomic mass is 10.1. The highest BCUT2D eigenvalue weighted by molar-refractivity contribution is 7.99. The summed E-state index contributed by atoms with van der Waals surface area (Å²) >= 11 is 7.06. The number of rotatable bonds is 6. The molecule has 0 saturated heterocycles. The highest BCUT2D eigenvalue weighted by Crippen LogP contribution is 2.36. The average molecular weight is 389 g/mol. The van der Waals surface area contributed by atoms with Crippen LogP contribution in [0.2, 0.25) is 5.02 Å². The van der Waals surface area contributed by atoms with Crippen molar-refractivity contribution in [2.45, 2.75) is 16.7 Å². The topological polar surface area (TPSA) is 93.2 Å². The van der Waals surface area contributed by atoms with E-state index in [1.54, 1.807) is 49.4 Å². The maximum Gasteiger partial charge on any atom is 0.348 e. The molecule has 0 amide bonds. The van der Waals surface area contributed by atoms with Crippen LogP contribution in [0.4, 0.5) is 5.69 Å². The number of ether oxygens (including phenoxy) is 1. The van der Waals surface area contributed by atoms with Gasteiger partial charge in [-0.3, -0.25) is 10.1 Å². The first-order valence-electron chi connectivity index (χ1n) is 7.45. The van der Waals surface area contributed by atoms with Gasteiger partial charge in [-0.2, -0.15) is 5.26 Å². The van der Waals surface area contributed by atoms with Gasteiger partial charge in [0, 0.05) is 16.0 Å². The van der Waals surface area contributed by atoms with Crippen molar-refractivity contribution in [2.24, 2.45) is 0 Å². The number of carbonyl (C=O) groups excluding carboxylic acids is 1. The zero-order chi connectivity index (χ0) is 19.1. The van der Waals surface area contributed by atoms with Crippen LogP contribution in [0.3, 0.4) is 0 Å². The number of nitro benzene ring substituents is 1. The molecule has 0 saturated carbocycles. The van der Waals surface area contributed by atoms with E-state index in [1.165, 1.54) is 23.9 Å². The second kappa shape index (κ2) is 9.04. The molecular weight excluding hydrogens is 376 g/mol. The number of benzene rings is 2. The molecule has 0 bridgehead atoms. The molecule has 6 nitrogen and oxygen atoms in total. The number of hydrogen-bond donors (Lipinski definition) is 0. The molecule has 0 unspecified atom stereocenters. The molecule has 0 N–H and O–H groups in total. The van der Waals surface area contributed by atoms with Gasteiger partial charge in [-0.1, -0.05) is 29.4 Å². The van der Waals surface area contributed by atoms with E-state index < -0.39 is 10.9 Å². The molecule has 0 radical (unpaired) electrons. The smallest absolute Gasteiger partial charge is 0.348 e. The van der Waals surface area contributed by atoms with E-state index in [4.69, 9.17) is 21.6 Å². The summed E-state index contributed by atoms with van der Waals surface area (Å²) in [4.78, 5) is 23.8. The zero-order valence-corrected chi connectivity index (χ0v) is 15.2. The van der Waals surface area contributed by atoms with Crippen molar-refractivity contribution >= 4 is 41.1 Å². The third kappa shape index (κ3) is 5.09. The van der Waals surface area contributed by atoms with Gasteiger partial charge < -0.3 is 4.74 Å². The van der Waals surface area contributed by atoms with Crippen molar-refractivity contribution < 1.29 is 14.5 Å². The Bertz CT molecular complexity index is 904. The standard InChI is InChI=1S/C18H13ClN2O4S/c1-2-25-18(22)13(11-20)9-12-3-8-17(16(10-12)21(23)24)26-15-6-4-14(19)5-7-15/h3-10H,2H2,1H3/b13-9-. The molecule has 132 valence electrons. The molecule has 0 fully saturated rings. The van der Waals surface area contributed by atoms with Crippen LogP contribution in [0.1, 0.15) is 12.5 Å². The highest BCUT2D eigenvalue weighted by atomic mass is 35.5. The molecule has 0 aliphatic rings. The first-order valence-corrected chi connectivity index (χ1v) is 8.64. The molecule has 2 rings (SSSR count). The fourth-order valence-corrected chi connectivity index (χ4v) is 3.02. The Morgan fingerprint density at radius 2 is 2.04 bits per heavy atom. The second-order valence-corrected chi connectivity index (χ2v) is 6.48. The summed E-state index contributed by atoms with van der Waals surface area (Å²) in [5.74, 6) is -0.766. The van der Waals surface area contributed by atoms with Crippen LogP contribution in [0.5, 0.6) is 0 Å². The maximum atomic E-state index is 11.7. The minimum atomic E-state index is -0.766. The van der Waals surface area contributed by atoms with Crippen molar-refractivity contribution in [3.63, 3.8) is 0 Å². The van der Waals surface area contributed by atoms with Crippen LogP contribution in [0.25, 0.3) is 6.08 Å². The summed E-state index contributed by atoms with van der Waals surface area (Å²) in [5.41, 5.74) is 0.0147. The minimum absolute atomic E-state index is 0.125. The van der Waals surface area contributed by atoms with Gasteiger partial charge in [-0.25, -0.2) is 4.79 Å². The van der Waals surface area contributed by atoms with Gasteiger partial charge in [0.1, 0.15) is 11.6 Å². The number of esters is 1. The monoisotopic (exact) mass is 388 g/mol. The van der Waals surface area contributed by atoms with E-state index in [0.717, 1.165) is 4.90 Å². The van der Waals surface area contributed by atoms with Crippen LogP contribution in [-0.2, 0) is 9.53 Å². The molecule has 2 aromatic carbocycles. The van der Waals surface area contributed by atoms with Crippen molar-refractivity contribution in [3.8, 4) is 6.07 Å². The van der Waals surface area contributed by atoms with Gasteiger partial charge in [0.25, 0.3) is 5.69 Å². The molecule has 0 atom stereocenters. The predicted molar refractivity (Wildman–Crippen MR) is 98.9 cm³/mol. The molecule has 0 aliphatic carbocycles. The van der Waals surface area contributed by atoms with Crippen molar-refractivity contribution in [2.75, 3.05) is 6.61 Å². The Kier molecular flexibility index (Phi) is 6.78. The van der Waals surface area contributed by atoms with Crippen LogP contribution < -0.4 is 0 Å². The first kappa shape index (κ1) is 19.5. The quantitative estimate of drug-likeness (QED) is 0.230. The Morgan fingerprint density at radius 3 is 2.62 bits per heavy atom.